The highest BCUT2D eigenvalue weighted by atomic mass is 32.2. The van der Waals surface area contributed by atoms with Crippen LogP contribution in [0.15, 0.2) is 0 Å². The Morgan fingerprint density at radius 1 is 1.26 bits per heavy atom. The van der Waals surface area contributed by atoms with Crippen molar-refractivity contribution in [3.05, 3.63) is 0 Å². The lowest BCUT2D eigenvalue weighted by molar-refractivity contribution is -0.274. The van der Waals surface area contributed by atoms with E-state index in [2.05, 4.69) is 4.18 Å². The van der Waals surface area contributed by atoms with Gasteiger partial charge in [-0.3, -0.25) is 4.18 Å². The normalized spacial score (nSPS) is 24.7. The second-order valence-corrected chi connectivity index (χ2v) is 10.7. The van der Waals surface area contributed by atoms with Crippen LogP contribution in [0.4, 0.5) is 22.0 Å². The summed E-state index contributed by atoms with van der Waals surface area (Å²) in [6.07, 6.45) is -6.63. The molecular weight excluding hydrogens is 315 g/mol. The van der Waals surface area contributed by atoms with Crippen LogP contribution in [0, 0.1) is 0 Å². The lowest BCUT2D eigenvalue weighted by Gasteiger charge is -2.30. The monoisotopic (exact) mass is 328 g/mol. The summed E-state index contributed by atoms with van der Waals surface area (Å²) in [6, 6.07) is -1.46. The first kappa shape index (κ1) is 16.8. The summed E-state index contributed by atoms with van der Waals surface area (Å²) in [5.74, 6) is -5.37. The molecule has 0 bridgehead atoms. The lowest BCUT2D eigenvalue weighted by atomic mass is 10.4. The molecule has 1 heterocycles. The molecule has 4 nitrogen and oxygen atoms in total. The van der Waals surface area contributed by atoms with E-state index in [9.17, 15) is 30.4 Å². The third-order valence-electron chi connectivity index (χ3n) is 2.37. The minimum absolute atomic E-state index is 0.351. The van der Waals surface area contributed by atoms with Crippen molar-refractivity contribution in [3.63, 3.8) is 0 Å². The average Bonchev–Trinajstić information content (AvgIpc) is 2.39. The molecule has 1 aliphatic heterocycles. The Kier molecular flexibility index (Phi) is 4.36. The molecule has 0 aliphatic carbocycles. The average molecular weight is 328 g/mol. The highest BCUT2D eigenvalue weighted by molar-refractivity contribution is 7.87. The van der Waals surface area contributed by atoms with E-state index in [0.717, 1.165) is 0 Å². The first-order valence-electron chi connectivity index (χ1n) is 5.24. The first-order valence-corrected chi connectivity index (χ1v) is 9.93. The molecule has 1 atom stereocenters. The Morgan fingerprint density at radius 2 is 1.79 bits per heavy atom. The molecule has 0 spiro atoms. The molecule has 0 amide bonds. The Hall–Kier alpha value is -0.263. The van der Waals surface area contributed by atoms with Gasteiger partial charge in [0.05, 0.1) is 12.7 Å². The van der Waals surface area contributed by atoms with E-state index in [1.54, 1.807) is 0 Å². The van der Waals surface area contributed by atoms with Gasteiger partial charge in [0.15, 0.2) is 8.32 Å². The quantitative estimate of drug-likeness (QED) is 0.451. The molecule has 0 radical (unpaired) electrons. The molecular formula is C8H13F5O4SSi. The van der Waals surface area contributed by atoms with Gasteiger partial charge in [0, 0.05) is 6.04 Å². The lowest BCUT2D eigenvalue weighted by Crippen LogP contribution is -2.47. The summed E-state index contributed by atoms with van der Waals surface area (Å²) in [7, 11) is -7.14. The zero-order valence-electron chi connectivity index (χ0n) is 10.1. The second-order valence-electron chi connectivity index (χ2n) is 4.89. The van der Waals surface area contributed by atoms with Crippen LogP contribution in [-0.4, -0.2) is 47.3 Å². The largest absolute Gasteiger partial charge is 0.453 e. The van der Waals surface area contributed by atoms with Gasteiger partial charge in [0.1, 0.15) is 5.75 Å². The van der Waals surface area contributed by atoms with E-state index in [1.807, 2.05) is 0 Å². The van der Waals surface area contributed by atoms with Gasteiger partial charge in [-0.15, -0.1) is 0 Å². The second kappa shape index (κ2) is 4.93. The van der Waals surface area contributed by atoms with Crippen LogP contribution in [0.1, 0.15) is 0 Å². The number of hydrogen-bond donors (Lipinski definition) is 0. The van der Waals surface area contributed by atoms with E-state index < -0.39 is 48.4 Å². The van der Waals surface area contributed by atoms with Crippen LogP contribution in [0.5, 0.6) is 0 Å². The molecule has 0 aromatic heterocycles. The summed E-state index contributed by atoms with van der Waals surface area (Å²) in [5.41, 5.74) is 0. The van der Waals surface area contributed by atoms with E-state index >= 15 is 0 Å². The fourth-order valence-electron chi connectivity index (χ4n) is 1.70. The van der Waals surface area contributed by atoms with Gasteiger partial charge in [0.25, 0.3) is 10.1 Å². The molecule has 1 rings (SSSR count). The molecule has 1 fully saturated rings. The smallest absolute Gasteiger partial charge is 0.411 e. The van der Waals surface area contributed by atoms with Crippen LogP contribution < -0.4 is 0 Å². The molecule has 1 unspecified atom stereocenters. The highest BCUT2D eigenvalue weighted by Crippen LogP contribution is 2.42. The van der Waals surface area contributed by atoms with Crippen molar-refractivity contribution in [1.29, 1.82) is 0 Å². The van der Waals surface area contributed by atoms with Crippen LogP contribution in [0.3, 0.4) is 0 Å². The molecule has 0 N–H and O–H groups in total. The van der Waals surface area contributed by atoms with E-state index in [1.165, 1.54) is 13.1 Å². The van der Waals surface area contributed by atoms with Crippen molar-refractivity contribution in [2.75, 3.05) is 12.4 Å². The number of halogens is 5. The van der Waals surface area contributed by atoms with Gasteiger partial charge in [-0.1, -0.05) is 0 Å². The summed E-state index contributed by atoms with van der Waals surface area (Å²) >= 11 is 0. The van der Waals surface area contributed by atoms with Crippen molar-refractivity contribution in [1.82, 2.24) is 0 Å². The van der Waals surface area contributed by atoms with Crippen LogP contribution >= 0.6 is 0 Å². The van der Waals surface area contributed by atoms with E-state index in [4.69, 9.17) is 4.43 Å². The van der Waals surface area contributed by atoms with Crippen LogP contribution in [-0.2, 0) is 18.7 Å². The maximum atomic E-state index is 12.9. The van der Waals surface area contributed by atoms with Crippen LogP contribution in [0.25, 0.3) is 0 Å². The number of rotatable bonds is 4. The molecule has 1 aliphatic rings. The van der Waals surface area contributed by atoms with Gasteiger partial charge >= 0.3 is 12.1 Å². The van der Waals surface area contributed by atoms with Crippen molar-refractivity contribution < 1.29 is 39.0 Å². The van der Waals surface area contributed by atoms with Crippen molar-refractivity contribution in [2.24, 2.45) is 0 Å². The highest BCUT2D eigenvalue weighted by Gasteiger charge is 2.60. The molecule has 19 heavy (non-hydrogen) atoms. The molecule has 11 heteroatoms. The van der Waals surface area contributed by atoms with E-state index in [0.29, 0.717) is 0 Å². The number of hydrogen-bond acceptors (Lipinski definition) is 4. The number of alkyl halides is 5. The van der Waals surface area contributed by atoms with Gasteiger partial charge in [-0.25, -0.2) is 0 Å². The summed E-state index contributed by atoms with van der Waals surface area (Å²) in [4.78, 5) is 0. The third-order valence-corrected chi connectivity index (χ3v) is 5.91. The zero-order chi connectivity index (χ0) is 15.1. The van der Waals surface area contributed by atoms with Gasteiger partial charge in [-0.2, -0.15) is 30.4 Å². The molecule has 0 aromatic rings. The van der Waals surface area contributed by atoms with Crippen molar-refractivity contribution in [3.8, 4) is 0 Å². The first-order chi connectivity index (χ1) is 8.24. The van der Waals surface area contributed by atoms with Gasteiger partial charge < -0.3 is 4.43 Å². The van der Waals surface area contributed by atoms with Crippen LogP contribution in [0.2, 0.25) is 19.1 Å². The Labute approximate surface area is 108 Å². The SMILES string of the molecule is C[Si](C)(CC(F)(F)C(F)(F)F)OC1COS(=O)(=O)C1. The topological polar surface area (TPSA) is 52.6 Å². The molecule has 0 aromatic carbocycles. The molecule has 1 saturated heterocycles. The fraction of sp³-hybridized carbons (Fsp3) is 1.00. The van der Waals surface area contributed by atoms with E-state index in [-0.39, 0.29) is 6.61 Å². The minimum Gasteiger partial charge on any atom is -0.411 e. The van der Waals surface area contributed by atoms with Crippen molar-refractivity contribution in [2.45, 2.75) is 37.3 Å². The maximum absolute atomic E-state index is 12.9. The molecule has 114 valence electrons. The van der Waals surface area contributed by atoms with Gasteiger partial charge in [-0.05, 0) is 13.1 Å². The standard InChI is InChI=1S/C8H13F5O4SSi/c1-19(2,5-7(9,10)8(11,12)13)17-6-3-16-18(14,15)4-6/h6H,3-5H2,1-2H3. The maximum Gasteiger partial charge on any atom is 0.453 e. The van der Waals surface area contributed by atoms with Crippen molar-refractivity contribution >= 4 is 18.4 Å². The minimum atomic E-state index is -5.64. The third kappa shape index (κ3) is 4.65. The molecule has 0 saturated carbocycles. The predicted octanol–water partition coefficient (Wildman–Crippen LogP) is 2.13. The summed E-state index contributed by atoms with van der Waals surface area (Å²) in [5, 5.41) is 0. The Bertz CT molecular complexity index is 433. The predicted molar refractivity (Wildman–Crippen MR) is 57.9 cm³/mol. The van der Waals surface area contributed by atoms with Gasteiger partial charge in [0.2, 0.25) is 0 Å². The zero-order valence-corrected chi connectivity index (χ0v) is 11.9. The summed E-state index contributed by atoms with van der Waals surface area (Å²) in [6.45, 7) is 2.01. The fourth-order valence-corrected chi connectivity index (χ4v) is 5.30. The Morgan fingerprint density at radius 3 is 2.16 bits per heavy atom. The Balaban J connectivity index is 2.67. The summed E-state index contributed by atoms with van der Waals surface area (Å²) < 4.78 is 93.5.